The highest BCUT2D eigenvalue weighted by Crippen LogP contribution is 2.48. The molecule has 1 nitrogen and oxygen atoms in total. The molecular weight excluding hydrogens is 244 g/mol. The first-order chi connectivity index (χ1) is 9.80. The van der Waals surface area contributed by atoms with E-state index in [0.717, 1.165) is 29.6 Å². The molecule has 3 fully saturated rings. The molecule has 0 N–H and O–H groups in total. The number of hydrogen-bond donors (Lipinski definition) is 0. The smallest absolute Gasteiger partial charge is 0.0571 e. The second-order valence-electron chi connectivity index (χ2n) is 7.67. The Morgan fingerprint density at radius 2 is 1.30 bits per heavy atom. The van der Waals surface area contributed by atoms with E-state index < -0.39 is 0 Å². The predicted octanol–water partition coefficient (Wildman–Crippen LogP) is 5.21. The van der Waals surface area contributed by atoms with Crippen LogP contribution in [0.2, 0.25) is 0 Å². The lowest BCUT2D eigenvalue weighted by atomic mass is 9.61. The van der Waals surface area contributed by atoms with Crippen LogP contribution < -0.4 is 0 Å². The Hall–Kier alpha value is -0.300. The minimum Gasteiger partial charge on any atom is -0.381 e. The molecule has 0 radical (unpaired) electrons. The number of methoxy groups -OCH3 is 1. The SMILES string of the molecule is C=CC1CCC2CC(C3CCC(OC)CC3)CCC2C1. The van der Waals surface area contributed by atoms with Gasteiger partial charge in [0.2, 0.25) is 0 Å². The molecule has 114 valence electrons. The third kappa shape index (κ3) is 3.13. The van der Waals surface area contributed by atoms with E-state index in [0.29, 0.717) is 6.10 Å². The Morgan fingerprint density at radius 3 is 1.95 bits per heavy atom. The van der Waals surface area contributed by atoms with Crippen LogP contribution in [0.15, 0.2) is 12.7 Å². The van der Waals surface area contributed by atoms with Crippen LogP contribution in [0, 0.1) is 29.6 Å². The van der Waals surface area contributed by atoms with E-state index in [1.54, 1.807) is 0 Å². The van der Waals surface area contributed by atoms with Gasteiger partial charge in [0, 0.05) is 7.11 Å². The van der Waals surface area contributed by atoms with E-state index in [4.69, 9.17) is 4.74 Å². The first kappa shape index (κ1) is 14.6. The largest absolute Gasteiger partial charge is 0.381 e. The molecule has 0 aromatic heterocycles. The molecule has 0 saturated heterocycles. The van der Waals surface area contributed by atoms with Crippen LogP contribution in [0.3, 0.4) is 0 Å². The lowest BCUT2D eigenvalue weighted by molar-refractivity contribution is 0.0247. The van der Waals surface area contributed by atoms with Crippen LogP contribution in [0.5, 0.6) is 0 Å². The van der Waals surface area contributed by atoms with Gasteiger partial charge in [0.1, 0.15) is 0 Å². The normalized spacial score (nSPS) is 45.6. The summed E-state index contributed by atoms with van der Waals surface area (Å²) in [5.41, 5.74) is 0. The highest BCUT2D eigenvalue weighted by molar-refractivity contribution is 4.93. The Morgan fingerprint density at radius 1 is 0.750 bits per heavy atom. The lowest BCUT2D eigenvalue weighted by Crippen LogP contribution is -2.34. The van der Waals surface area contributed by atoms with Gasteiger partial charge in [-0.15, -0.1) is 6.58 Å². The summed E-state index contributed by atoms with van der Waals surface area (Å²) in [6, 6.07) is 0. The number of allylic oxidation sites excluding steroid dienone is 1. The second-order valence-corrected chi connectivity index (χ2v) is 7.67. The molecule has 0 bridgehead atoms. The highest BCUT2D eigenvalue weighted by Gasteiger charge is 2.38. The maximum atomic E-state index is 5.53. The van der Waals surface area contributed by atoms with E-state index in [-0.39, 0.29) is 0 Å². The fourth-order valence-corrected chi connectivity index (χ4v) is 5.40. The Bertz CT molecular complexity index is 316. The van der Waals surface area contributed by atoms with Crippen molar-refractivity contribution in [3.63, 3.8) is 0 Å². The molecule has 3 aliphatic rings. The zero-order valence-electron chi connectivity index (χ0n) is 13.2. The van der Waals surface area contributed by atoms with Gasteiger partial charge in [-0.1, -0.05) is 6.08 Å². The third-order valence-corrected chi connectivity index (χ3v) is 6.75. The summed E-state index contributed by atoms with van der Waals surface area (Å²) >= 11 is 0. The average Bonchev–Trinajstić information content (AvgIpc) is 2.54. The van der Waals surface area contributed by atoms with Crippen molar-refractivity contribution in [2.75, 3.05) is 7.11 Å². The molecule has 0 heterocycles. The minimum atomic E-state index is 0.561. The molecule has 0 spiro atoms. The van der Waals surface area contributed by atoms with Crippen molar-refractivity contribution in [3.8, 4) is 0 Å². The van der Waals surface area contributed by atoms with Crippen molar-refractivity contribution >= 4 is 0 Å². The van der Waals surface area contributed by atoms with Gasteiger partial charge < -0.3 is 4.74 Å². The zero-order valence-corrected chi connectivity index (χ0v) is 13.2. The molecule has 0 amide bonds. The summed E-state index contributed by atoms with van der Waals surface area (Å²) < 4.78 is 5.53. The summed E-state index contributed by atoms with van der Waals surface area (Å²) in [5.74, 6) is 4.95. The zero-order chi connectivity index (χ0) is 13.9. The molecule has 3 aliphatic carbocycles. The first-order valence-electron chi connectivity index (χ1n) is 8.95. The molecule has 4 unspecified atom stereocenters. The predicted molar refractivity (Wildman–Crippen MR) is 84.6 cm³/mol. The van der Waals surface area contributed by atoms with Gasteiger partial charge in [0.15, 0.2) is 0 Å². The Kier molecular flexibility index (Phi) is 4.86. The highest BCUT2D eigenvalue weighted by atomic mass is 16.5. The van der Waals surface area contributed by atoms with Crippen LogP contribution in [0.25, 0.3) is 0 Å². The van der Waals surface area contributed by atoms with E-state index in [9.17, 15) is 0 Å². The summed E-state index contributed by atoms with van der Waals surface area (Å²) in [6.07, 6.45) is 17.1. The number of hydrogen-bond acceptors (Lipinski definition) is 1. The summed E-state index contributed by atoms with van der Waals surface area (Å²) in [7, 11) is 1.88. The van der Waals surface area contributed by atoms with Gasteiger partial charge in [-0.25, -0.2) is 0 Å². The fourth-order valence-electron chi connectivity index (χ4n) is 5.40. The van der Waals surface area contributed by atoms with Crippen molar-refractivity contribution in [1.29, 1.82) is 0 Å². The molecule has 0 aromatic rings. The van der Waals surface area contributed by atoms with Crippen LogP contribution in [-0.4, -0.2) is 13.2 Å². The quantitative estimate of drug-likeness (QED) is 0.643. The van der Waals surface area contributed by atoms with Gasteiger partial charge in [0.05, 0.1) is 6.10 Å². The average molecular weight is 276 g/mol. The van der Waals surface area contributed by atoms with Crippen LogP contribution in [0.4, 0.5) is 0 Å². The number of ether oxygens (including phenoxy) is 1. The topological polar surface area (TPSA) is 9.23 Å². The van der Waals surface area contributed by atoms with Crippen molar-refractivity contribution in [2.24, 2.45) is 29.6 Å². The van der Waals surface area contributed by atoms with Crippen LogP contribution in [0.1, 0.15) is 64.2 Å². The number of rotatable bonds is 3. The maximum Gasteiger partial charge on any atom is 0.0571 e. The fraction of sp³-hybridized carbons (Fsp3) is 0.895. The van der Waals surface area contributed by atoms with Crippen LogP contribution >= 0.6 is 0 Å². The first-order valence-corrected chi connectivity index (χ1v) is 8.95. The minimum absolute atomic E-state index is 0.561. The molecule has 0 aliphatic heterocycles. The van der Waals surface area contributed by atoms with Crippen molar-refractivity contribution < 1.29 is 4.74 Å². The molecule has 1 heteroatoms. The van der Waals surface area contributed by atoms with Crippen LogP contribution in [-0.2, 0) is 4.74 Å². The lowest BCUT2D eigenvalue weighted by Gasteiger charge is -2.45. The van der Waals surface area contributed by atoms with Gasteiger partial charge in [-0.05, 0) is 93.8 Å². The van der Waals surface area contributed by atoms with E-state index in [1.165, 1.54) is 64.2 Å². The Balaban J connectivity index is 1.51. The standard InChI is InChI=1S/C19H32O/c1-3-14-4-5-18-13-17(7-6-16(18)12-14)15-8-10-19(20-2)11-9-15/h3,14-19H,1,4-13H2,2H3. The Labute approximate surface area is 125 Å². The van der Waals surface area contributed by atoms with Gasteiger partial charge in [-0.2, -0.15) is 0 Å². The monoisotopic (exact) mass is 276 g/mol. The molecule has 3 saturated carbocycles. The maximum absolute atomic E-state index is 5.53. The van der Waals surface area contributed by atoms with Crippen molar-refractivity contribution in [1.82, 2.24) is 0 Å². The van der Waals surface area contributed by atoms with Gasteiger partial charge in [0.25, 0.3) is 0 Å². The number of fused-ring (bicyclic) bond motifs is 1. The van der Waals surface area contributed by atoms with Crippen molar-refractivity contribution in [2.45, 2.75) is 70.3 Å². The molecular formula is C19H32O. The summed E-state index contributed by atoms with van der Waals surface area (Å²) in [4.78, 5) is 0. The molecule has 0 aromatic carbocycles. The van der Waals surface area contributed by atoms with E-state index in [2.05, 4.69) is 12.7 Å². The summed E-state index contributed by atoms with van der Waals surface area (Å²) in [6.45, 7) is 4.01. The van der Waals surface area contributed by atoms with Crippen molar-refractivity contribution in [3.05, 3.63) is 12.7 Å². The second kappa shape index (κ2) is 6.64. The van der Waals surface area contributed by atoms with Gasteiger partial charge in [-0.3, -0.25) is 0 Å². The third-order valence-electron chi connectivity index (χ3n) is 6.75. The molecule has 4 atom stereocenters. The molecule has 20 heavy (non-hydrogen) atoms. The van der Waals surface area contributed by atoms with E-state index in [1.807, 2.05) is 7.11 Å². The van der Waals surface area contributed by atoms with Gasteiger partial charge >= 0.3 is 0 Å². The van der Waals surface area contributed by atoms with E-state index >= 15 is 0 Å². The summed E-state index contributed by atoms with van der Waals surface area (Å²) in [5, 5.41) is 0. The molecule has 3 rings (SSSR count).